The molecule has 15 heavy (non-hydrogen) atoms. The van der Waals surface area contributed by atoms with Crippen LogP contribution in [0.4, 0.5) is 4.39 Å². The summed E-state index contributed by atoms with van der Waals surface area (Å²) < 4.78 is 22.8. The summed E-state index contributed by atoms with van der Waals surface area (Å²) in [5.41, 5.74) is 0. The van der Waals surface area contributed by atoms with Crippen LogP contribution >= 0.6 is 0 Å². The van der Waals surface area contributed by atoms with Crippen molar-refractivity contribution >= 4 is 7.32 Å². The van der Waals surface area contributed by atoms with Gasteiger partial charge in [0.2, 0.25) is 0 Å². The molecule has 0 atom stereocenters. The molecule has 0 unspecified atom stereocenters. The Hall–Kier alpha value is -1.07. The average Bonchev–Trinajstić information content (AvgIpc) is 2.22. The van der Waals surface area contributed by atoms with E-state index in [1.807, 2.05) is 6.92 Å². The first-order valence-electron chi connectivity index (χ1n) is 4.95. The second kappa shape index (κ2) is 6.42. The van der Waals surface area contributed by atoms with Crippen LogP contribution < -0.4 is 4.65 Å². The zero-order valence-electron chi connectivity index (χ0n) is 8.65. The van der Waals surface area contributed by atoms with Crippen LogP contribution in [-0.2, 0) is 4.65 Å². The molecular formula is C10H14BFO3. The molecule has 1 rings (SSSR count). The van der Waals surface area contributed by atoms with E-state index in [2.05, 4.69) is 0 Å². The molecule has 0 aliphatic carbocycles. The van der Waals surface area contributed by atoms with E-state index in [9.17, 15) is 9.41 Å². The van der Waals surface area contributed by atoms with E-state index in [4.69, 9.17) is 9.31 Å². The third kappa shape index (κ3) is 4.31. The number of para-hydroxylation sites is 1. The van der Waals surface area contributed by atoms with Crippen molar-refractivity contribution in [3.8, 4) is 5.75 Å². The molecule has 0 radical (unpaired) electrons. The highest BCUT2D eigenvalue weighted by Gasteiger charge is 2.19. The lowest BCUT2D eigenvalue weighted by Crippen LogP contribution is -2.27. The molecule has 1 aromatic rings. The van der Waals surface area contributed by atoms with E-state index < -0.39 is 13.1 Å². The van der Waals surface area contributed by atoms with Crippen LogP contribution in [0.5, 0.6) is 5.75 Å². The van der Waals surface area contributed by atoms with Gasteiger partial charge in [-0.3, -0.25) is 0 Å². The van der Waals surface area contributed by atoms with E-state index in [1.165, 1.54) is 12.1 Å². The van der Waals surface area contributed by atoms with Crippen molar-refractivity contribution in [2.24, 2.45) is 0 Å². The van der Waals surface area contributed by atoms with Crippen LogP contribution in [0.15, 0.2) is 24.3 Å². The molecule has 1 aromatic carbocycles. The van der Waals surface area contributed by atoms with Gasteiger partial charge in [-0.05, 0) is 18.6 Å². The van der Waals surface area contributed by atoms with Crippen LogP contribution in [0.25, 0.3) is 0 Å². The van der Waals surface area contributed by atoms with Crippen molar-refractivity contribution in [3.05, 3.63) is 30.1 Å². The molecular weight excluding hydrogens is 198 g/mol. The Kier molecular flexibility index (Phi) is 5.14. The molecule has 0 spiro atoms. The van der Waals surface area contributed by atoms with Gasteiger partial charge in [-0.15, -0.1) is 0 Å². The first-order chi connectivity index (χ1) is 7.24. The first kappa shape index (κ1) is 12.0. The van der Waals surface area contributed by atoms with E-state index in [0.717, 1.165) is 12.8 Å². The Morgan fingerprint density at radius 3 is 2.80 bits per heavy atom. The quantitative estimate of drug-likeness (QED) is 0.578. The predicted octanol–water partition coefficient (Wildman–Crippen LogP) is 2.00. The standard InChI is InChI=1S/C10H14BFO3/c1-2-3-8-14-11(13)15-10-7-5-4-6-9(10)12/h4-7,13H,2-3,8H2,1H3. The average molecular weight is 212 g/mol. The van der Waals surface area contributed by atoms with Gasteiger partial charge in [-0.25, -0.2) is 4.39 Å². The summed E-state index contributed by atoms with van der Waals surface area (Å²) in [6.07, 6.45) is 1.80. The molecule has 0 aliphatic rings. The maximum atomic E-state index is 13.0. The van der Waals surface area contributed by atoms with Crippen LogP contribution in [-0.4, -0.2) is 19.0 Å². The summed E-state index contributed by atoms with van der Waals surface area (Å²) in [6.45, 7) is 2.40. The minimum atomic E-state index is -1.41. The first-order valence-corrected chi connectivity index (χ1v) is 4.95. The summed E-state index contributed by atoms with van der Waals surface area (Å²) in [7, 11) is -1.41. The monoisotopic (exact) mass is 212 g/mol. The van der Waals surface area contributed by atoms with Crippen LogP contribution in [0.1, 0.15) is 19.8 Å². The van der Waals surface area contributed by atoms with Crippen LogP contribution in [0.3, 0.4) is 0 Å². The second-order valence-electron chi connectivity index (χ2n) is 3.08. The number of hydrogen-bond acceptors (Lipinski definition) is 3. The van der Waals surface area contributed by atoms with Gasteiger partial charge < -0.3 is 14.3 Å². The molecule has 0 heterocycles. The lowest BCUT2D eigenvalue weighted by molar-refractivity contribution is 0.188. The Bertz CT molecular complexity index is 296. The Balaban J connectivity index is 2.37. The zero-order valence-corrected chi connectivity index (χ0v) is 8.65. The lowest BCUT2D eigenvalue weighted by Gasteiger charge is -2.09. The molecule has 0 aromatic heterocycles. The Morgan fingerprint density at radius 1 is 1.40 bits per heavy atom. The fourth-order valence-electron chi connectivity index (χ4n) is 1.01. The minimum absolute atomic E-state index is 0.0125. The lowest BCUT2D eigenvalue weighted by atomic mass is 10.2. The highest BCUT2D eigenvalue weighted by atomic mass is 19.1. The van der Waals surface area contributed by atoms with Crippen LogP contribution in [0.2, 0.25) is 0 Å². The van der Waals surface area contributed by atoms with Gasteiger partial charge in [-0.1, -0.05) is 25.5 Å². The highest BCUT2D eigenvalue weighted by Crippen LogP contribution is 2.15. The Morgan fingerprint density at radius 2 is 2.13 bits per heavy atom. The maximum absolute atomic E-state index is 13.0. The van der Waals surface area contributed by atoms with Gasteiger partial charge in [0.05, 0.1) is 0 Å². The van der Waals surface area contributed by atoms with Crippen LogP contribution in [0, 0.1) is 5.82 Å². The Labute approximate surface area is 89.0 Å². The molecule has 0 bridgehead atoms. The summed E-state index contributed by atoms with van der Waals surface area (Å²) in [4.78, 5) is 0. The third-order valence-corrected chi connectivity index (χ3v) is 1.82. The van der Waals surface area contributed by atoms with Gasteiger partial charge in [0.25, 0.3) is 0 Å². The summed E-state index contributed by atoms with van der Waals surface area (Å²) in [6, 6.07) is 5.86. The van der Waals surface area contributed by atoms with Crippen molar-refractivity contribution in [3.63, 3.8) is 0 Å². The normalized spacial score (nSPS) is 10.1. The van der Waals surface area contributed by atoms with Gasteiger partial charge in [-0.2, -0.15) is 0 Å². The van der Waals surface area contributed by atoms with E-state index in [0.29, 0.717) is 6.61 Å². The van der Waals surface area contributed by atoms with E-state index in [-0.39, 0.29) is 5.75 Å². The smallest absolute Gasteiger partial charge is 0.509 e. The topological polar surface area (TPSA) is 38.7 Å². The molecule has 5 heteroatoms. The zero-order chi connectivity index (χ0) is 11.1. The van der Waals surface area contributed by atoms with Crippen molar-refractivity contribution in [2.45, 2.75) is 19.8 Å². The summed E-state index contributed by atoms with van der Waals surface area (Å²) in [5, 5.41) is 9.24. The van der Waals surface area contributed by atoms with Gasteiger partial charge in [0.15, 0.2) is 5.82 Å². The van der Waals surface area contributed by atoms with Crippen molar-refractivity contribution in [2.75, 3.05) is 6.61 Å². The molecule has 0 amide bonds. The predicted molar refractivity (Wildman–Crippen MR) is 55.9 cm³/mol. The fourth-order valence-corrected chi connectivity index (χ4v) is 1.01. The summed E-state index contributed by atoms with van der Waals surface area (Å²) >= 11 is 0. The number of benzene rings is 1. The molecule has 0 saturated carbocycles. The largest absolute Gasteiger partial charge is 0.710 e. The number of hydrogen-bond donors (Lipinski definition) is 1. The molecule has 0 saturated heterocycles. The van der Waals surface area contributed by atoms with Gasteiger partial charge in [0, 0.05) is 6.61 Å². The molecule has 3 nitrogen and oxygen atoms in total. The molecule has 0 aliphatic heterocycles. The summed E-state index contributed by atoms with van der Waals surface area (Å²) in [5.74, 6) is -0.530. The fraction of sp³-hybridized carbons (Fsp3) is 0.400. The van der Waals surface area contributed by atoms with Gasteiger partial charge in [0.1, 0.15) is 5.75 Å². The molecule has 0 fully saturated rings. The minimum Gasteiger partial charge on any atom is -0.509 e. The second-order valence-corrected chi connectivity index (χ2v) is 3.08. The van der Waals surface area contributed by atoms with E-state index in [1.54, 1.807) is 12.1 Å². The number of unbranched alkanes of at least 4 members (excludes halogenated alkanes) is 1. The van der Waals surface area contributed by atoms with Crippen molar-refractivity contribution < 1.29 is 18.7 Å². The molecule has 82 valence electrons. The van der Waals surface area contributed by atoms with Gasteiger partial charge >= 0.3 is 7.32 Å². The third-order valence-electron chi connectivity index (χ3n) is 1.82. The van der Waals surface area contributed by atoms with Crippen molar-refractivity contribution in [1.82, 2.24) is 0 Å². The molecule has 1 N–H and O–H groups in total. The number of rotatable bonds is 6. The SMILES string of the molecule is CCCCOB(O)Oc1ccccc1F. The maximum Gasteiger partial charge on any atom is 0.710 e. The number of halogens is 1. The van der Waals surface area contributed by atoms with E-state index >= 15 is 0 Å². The highest BCUT2D eigenvalue weighted by molar-refractivity contribution is 6.35. The van der Waals surface area contributed by atoms with Crippen molar-refractivity contribution in [1.29, 1.82) is 0 Å².